The van der Waals surface area contributed by atoms with E-state index in [1.54, 1.807) is 11.8 Å². The molecule has 0 unspecified atom stereocenters. The van der Waals surface area contributed by atoms with Gasteiger partial charge >= 0.3 is 0 Å². The summed E-state index contributed by atoms with van der Waals surface area (Å²) in [5.41, 5.74) is 3.45. The van der Waals surface area contributed by atoms with Crippen LogP contribution in [0.25, 0.3) is 5.69 Å². The Labute approximate surface area is 180 Å². The van der Waals surface area contributed by atoms with Crippen LogP contribution in [0.4, 0.5) is 0 Å². The van der Waals surface area contributed by atoms with Crippen molar-refractivity contribution in [2.45, 2.75) is 38.9 Å². The number of thioether (sulfide) groups is 1. The topological polar surface area (TPSA) is 84.1 Å². The second kappa shape index (κ2) is 9.90. The summed E-state index contributed by atoms with van der Waals surface area (Å²) in [6.07, 6.45) is 0. The van der Waals surface area contributed by atoms with Crippen LogP contribution >= 0.6 is 11.8 Å². The van der Waals surface area contributed by atoms with E-state index in [-0.39, 0.29) is 17.6 Å². The fraction of sp³-hybridized carbons (Fsp3) is 0.429. The molecule has 2 aromatic heterocycles. The number of hydrogen-bond acceptors (Lipinski definition) is 7. The predicted molar refractivity (Wildman–Crippen MR) is 116 cm³/mol. The van der Waals surface area contributed by atoms with Gasteiger partial charge in [-0.05, 0) is 56.3 Å². The van der Waals surface area contributed by atoms with Crippen molar-refractivity contribution in [1.29, 1.82) is 0 Å². The highest BCUT2D eigenvalue weighted by Gasteiger charge is 2.20. The number of hydrogen-bond donors (Lipinski definition) is 0. The van der Waals surface area contributed by atoms with Crippen molar-refractivity contribution in [1.82, 2.24) is 24.8 Å². The van der Waals surface area contributed by atoms with Crippen LogP contribution in [0.5, 0.6) is 5.75 Å². The summed E-state index contributed by atoms with van der Waals surface area (Å²) in [5.74, 6) is 0.966. The molecule has 0 saturated carbocycles. The maximum absolute atomic E-state index is 13.0. The van der Waals surface area contributed by atoms with Crippen LogP contribution in [0.1, 0.15) is 41.6 Å². The molecule has 8 nitrogen and oxygen atoms in total. The monoisotopic (exact) mass is 429 g/mol. The van der Waals surface area contributed by atoms with Gasteiger partial charge in [0.2, 0.25) is 5.16 Å². The first-order chi connectivity index (χ1) is 14.5. The Balaban J connectivity index is 1.78. The molecule has 3 rings (SSSR count). The first-order valence-corrected chi connectivity index (χ1v) is 10.8. The highest BCUT2D eigenvalue weighted by Crippen LogP contribution is 2.27. The first-order valence-electron chi connectivity index (χ1n) is 9.81. The lowest BCUT2D eigenvalue weighted by Crippen LogP contribution is -2.15. The van der Waals surface area contributed by atoms with Gasteiger partial charge in [-0.1, -0.05) is 23.9 Å². The Hall–Kier alpha value is -2.65. The molecule has 0 amide bonds. The van der Waals surface area contributed by atoms with E-state index in [0.717, 1.165) is 22.6 Å². The van der Waals surface area contributed by atoms with E-state index < -0.39 is 0 Å². The average molecular weight is 430 g/mol. The molecular formula is C21H27N5O3S. The number of ketones is 1. The Morgan fingerprint density at radius 2 is 2.03 bits per heavy atom. The Morgan fingerprint density at radius 1 is 1.27 bits per heavy atom. The summed E-state index contributed by atoms with van der Waals surface area (Å²) >= 11 is 1.31. The minimum Gasteiger partial charge on any atom is -0.492 e. The standard InChI is InChI=1S/C21H27N5O3S/c1-6-29-20-10-8-7-9-18(20)26-21(22-23-24-26)30-13-19(27)17-11-14(2)25(16(17)4)15(3)12-28-5/h7-11,15H,6,12-13H2,1-5H3/t15-/m0/s1. The number of nitrogens with zero attached hydrogens (tertiary/aromatic N) is 5. The molecule has 1 atom stereocenters. The maximum Gasteiger partial charge on any atom is 0.214 e. The molecule has 0 bridgehead atoms. The van der Waals surface area contributed by atoms with Gasteiger partial charge in [-0.15, -0.1) is 5.10 Å². The van der Waals surface area contributed by atoms with Crippen LogP contribution in [-0.4, -0.2) is 56.6 Å². The third-order valence-corrected chi connectivity index (χ3v) is 5.72. The second-order valence-corrected chi connectivity index (χ2v) is 7.89. The van der Waals surface area contributed by atoms with Gasteiger partial charge in [-0.25, -0.2) is 0 Å². The largest absolute Gasteiger partial charge is 0.492 e. The van der Waals surface area contributed by atoms with Crippen LogP contribution in [-0.2, 0) is 4.74 Å². The number of rotatable bonds is 10. The smallest absolute Gasteiger partial charge is 0.214 e. The number of para-hydroxylation sites is 2. The van der Waals surface area contributed by atoms with Gasteiger partial charge in [0.05, 0.1) is 25.0 Å². The summed E-state index contributed by atoms with van der Waals surface area (Å²) in [7, 11) is 1.68. The van der Waals surface area contributed by atoms with E-state index in [2.05, 4.69) is 27.0 Å². The molecule has 0 N–H and O–H groups in total. The molecule has 0 aliphatic heterocycles. The summed E-state index contributed by atoms with van der Waals surface area (Å²) in [6, 6.07) is 9.66. The quantitative estimate of drug-likeness (QED) is 0.359. The van der Waals surface area contributed by atoms with Crippen molar-refractivity contribution in [3.63, 3.8) is 0 Å². The highest BCUT2D eigenvalue weighted by atomic mass is 32.2. The molecule has 0 fully saturated rings. The van der Waals surface area contributed by atoms with E-state index >= 15 is 0 Å². The molecule has 160 valence electrons. The molecule has 2 heterocycles. The van der Waals surface area contributed by atoms with Crippen molar-refractivity contribution in [3.05, 3.63) is 47.3 Å². The third-order valence-electron chi connectivity index (χ3n) is 4.80. The van der Waals surface area contributed by atoms with Gasteiger partial charge in [0.25, 0.3) is 0 Å². The average Bonchev–Trinajstić information content (AvgIpc) is 3.31. The van der Waals surface area contributed by atoms with E-state index in [1.807, 2.05) is 51.1 Å². The van der Waals surface area contributed by atoms with Crippen LogP contribution in [0.3, 0.4) is 0 Å². The molecule has 1 aromatic carbocycles. The lowest BCUT2D eigenvalue weighted by atomic mass is 10.2. The SMILES string of the molecule is CCOc1ccccc1-n1nnnc1SCC(=O)c1cc(C)n([C@@H](C)COC)c1C. The molecule has 30 heavy (non-hydrogen) atoms. The van der Waals surface area contributed by atoms with Crippen molar-refractivity contribution in [2.24, 2.45) is 0 Å². The Kier molecular flexibility index (Phi) is 7.28. The predicted octanol–water partition coefficient (Wildman–Crippen LogP) is 3.66. The lowest BCUT2D eigenvalue weighted by Gasteiger charge is -2.17. The summed E-state index contributed by atoms with van der Waals surface area (Å²) in [5, 5.41) is 12.5. The van der Waals surface area contributed by atoms with Gasteiger partial charge in [-0.3, -0.25) is 4.79 Å². The number of tetrazole rings is 1. The normalized spacial score (nSPS) is 12.2. The molecule has 0 aliphatic carbocycles. The van der Waals surface area contributed by atoms with Crippen molar-refractivity contribution < 1.29 is 14.3 Å². The van der Waals surface area contributed by atoms with Gasteiger partial charge in [0.1, 0.15) is 11.4 Å². The molecule has 9 heteroatoms. The van der Waals surface area contributed by atoms with E-state index in [1.165, 1.54) is 11.8 Å². The van der Waals surface area contributed by atoms with E-state index in [9.17, 15) is 4.79 Å². The zero-order chi connectivity index (χ0) is 21.7. The minimum atomic E-state index is 0.0385. The van der Waals surface area contributed by atoms with Gasteiger partial charge < -0.3 is 14.0 Å². The van der Waals surface area contributed by atoms with Gasteiger partial charge in [0.15, 0.2) is 5.78 Å². The third kappa shape index (κ3) is 4.57. The molecule has 0 saturated heterocycles. The number of carbonyl (C=O) groups excluding carboxylic acids is 1. The van der Waals surface area contributed by atoms with Crippen molar-refractivity contribution >= 4 is 17.5 Å². The van der Waals surface area contributed by atoms with Gasteiger partial charge in [-0.2, -0.15) is 4.68 Å². The van der Waals surface area contributed by atoms with E-state index in [0.29, 0.717) is 24.1 Å². The molecule has 3 aromatic rings. The molecule has 0 radical (unpaired) electrons. The maximum atomic E-state index is 13.0. The Morgan fingerprint density at radius 3 is 2.77 bits per heavy atom. The minimum absolute atomic E-state index is 0.0385. The lowest BCUT2D eigenvalue weighted by molar-refractivity contribution is 0.102. The van der Waals surface area contributed by atoms with Crippen molar-refractivity contribution in [3.8, 4) is 11.4 Å². The zero-order valence-corrected chi connectivity index (χ0v) is 18.8. The number of carbonyl (C=O) groups is 1. The van der Waals surface area contributed by atoms with Crippen molar-refractivity contribution in [2.75, 3.05) is 26.1 Å². The van der Waals surface area contributed by atoms with Crippen LogP contribution in [0, 0.1) is 13.8 Å². The number of ether oxygens (including phenoxy) is 2. The second-order valence-electron chi connectivity index (χ2n) is 6.95. The summed E-state index contributed by atoms with van der Waals surface area (Å²) < 4.78 is 14.7. The first kappa shape index (κ1) is 22.0. The zero-order valence-electron chi connectivity index (χ0n) is 18.0. The molecule has 0 spiro atoms. The molecule has 0 aliphatic rings. The Bertz CT molecular complexity index is 1010. The van der Waals surface area contributed by atoms with Crippen LogP contribution < -0.4 is 4.74 Å². The number of Topliss-reactive ketones (excluding diaryl/α,β-unsaturated/α-hetero) is 1. The number of methoxy groups -OCH3 is 1. The number of benzene rings is 1. The summed E-state index contributed by atoms with van der Waals surface area (Å²) in [6.45, 7) is 9.11. The number of aryl methyl sites for hydroxylation is 1. The summed E-state index contributed by atoms with van der Waals surface area (Å²) in [4.78, 5) is 13.0. The number of aromatic nitrogens is 5. The molecular weight excluding hydrogens is 402 g/mol. The van der Waals surface area contributed by atoms with Crippen LogP contribution in [0.2, 0.25) is 0 Å². The highest BCUT2D eigenvalue weighted by molar-refractivity contribution is 7.99. The fourth-order valence-corrected chi connectivity index (χ4v) is 4.36. The van der Waals surface area contributed by atoms with Crippen LogP contribution in [0.15, 0.2) is 35.5 Å². The van der Waals surface area contributed by atoms with Gasteiger partial charge in [0, 0.05) is 24.1 Å². The van der Waals surface area contributed by atoms with E-state index in [4.69, 9.17) is 9.47 Å². The fourth-order valence-electron chi connectivity index (χ4n) is 3.59.